The maximum absolute atomic E-state index is 14.2. The summed E-state index contributed by atoms with van der Waals surface area (Å²) < 4.78 is 27.1. The zero-order valence-electron chi connectivity index (χ0n) is 11.6. The zero-order valence-corrected chi connectivity index (χ0v) is 11.6. The molecule has 0 spiro atoms. The van der Waals surface area contributed by atoms with Gasteiger partial charge in [-0.2, -0.15) is 0 Å². The number of nitrogens with one attached hydrogen (secondary N) is 1. The second kappa shape index (κ2) is 6.11. The first-order chi connectivity index (χ1) is 9.51. The Balaban J connectivity index is 2.31. The Morgan fingerprint density at radius 2 is 1.75 bits per heavy atom. The van der Waals surface area contributed by atoms with E-state index in [2.05, 4.69) is 5.43 Å². The van der Waals surface area contributed by atoms with Crippen LogP contribution in [0.1, 0.15) is 28.3 Å². The van der Waals surface area contributed by atoms with Crippen molar-refractivity contribution < 1.29 is 8.78 Å². The van der Waals surface area contributed by atoms with E-state index in [1.807, 2.05) is 19.9 Å². The van der Waals surface area contributed by atoms with Crippen LogP contribution < -0.4 is 11.3 Å². The quantitative estimate of drug-likeness (QED) is 0.664. The van der Waals surface area contributed by atoms with Gasteiger partial charge in [0, 0.05) is 5.56 Å². The Morgan fingerprint density at radius 1 is 1.10 bits per heavy atom. The summed E-state index contributed by atoms with van der Waals surface area (Å²) >= 11 is 0. The summed E-state index contributed by atoms with van der Waals surface area (Å²) in [6.45, 7) is 3.71. The molecule has 0 aromatic heterocycles. The van der Waals surface area contributed by atoms with Crippen molar-refractivity contribution in [2.45, 2.75) is 26.3 Å². The fourth-order valence-corrected chi connectivity index (χ4v) is 2.47. The molecule has 0 saturated carbocycles. The molecule has 20 heavy (non-hydrogen) atoms. The van der Waals surface area contributed by atoms with Crippen molar-refractivity contribution in [1.82, 2.24) is 5.43 Å². The topological polar surface area (TPSA) is 38.0 Å². The van der Waals surface area contributed by atoms with Crippen LogP contribution in [-0.2, 0) is 6.42 Å². The average molecular weight is 276 g/mol. The predicted octanol–water partition coefficient (Wildman–Crippen LogP) is 3.33. The number of rotatable bonds is 4. The van der Waals surface area contributed by atoms with Crippen LogP contribution in [0.5, 0.6) is 0 Å². The molecule has 0 bridgehead atoms. The first kappa shape index (κ1) is 14.6. The van der Waals surface area contributed by atoms with E-state index in [0.717, 1.165) is 16.7 Å². The van der Waals surface area contributed by atoms with Crippen molar-refractivity contribution in [3.63, 3.8) is 0 Å². The Bertz CT molecular complexity index is 571. The maximum Gasteiger partial charge on any atom is 0.128 e. The number of nitrogens with two attached hydrogens (primary N) is 1. The molecule has 2 aromatic rings. The van der Waals surface area contributed by atoms with Crippen LogP contribution in [0.3, 0.4) is 0 Å². The standard InChI is InChI=1S/C16H18F2N2/c1-10-7-11(2)16(14(18)8-10)15(20-19)9-12-3-5-13(17)6-4-12/h3-8,15,20H,9,19H2,1-2H3. The minimum Gasteiger partial charge on any atom is -0.271 e. The van der Waals surface area contributed by atoms with Crippen molar-refractivity contribution in [2.24, 2.45) is 5.84 Å². The molecule has 0 saturated heterocycles. The van der Waals surface area contributed by atoms with Crippen LogP contribution in [0.2, 0.25) is 0 Å². The van der Waals surface area contributed by atoms with E-state index < -0.39 is 0 Å². The van der Waals surface area contributed by atoms with Gasteiger partial charge in [-0.05, 0) is 55.2 Å². The zero-order chi connectivity index (χ0) is 14.7. The van der Waals surface area contributed by atoms with Crippen LogP contribution >= 0.6 is 0 Å². The largest absolute Gasteiger partial charge is 0.271 e. The van der Waals surface area contributed by atoms with Crippen molar-refractivity contribution in [2.75, 3.05) is 0 Å². The SMILES string of the molecule is Cc1cc(C)c(C(Cc2ccc(F)cc2)NN)c(F)c1. The van der Waals surface area contributed by atoms with E-state index in [4.69, 9.17) is 5.84 Å². The number of aryl methyl sites for hydroxylation is 2. The summed E-state index contributed by atoms with van der Waals surface area (Å²) in [5, 5.41) is 0. The van der Waals surface area contributed by atoms with Crippen LogP contribution in [-0.4, -0.2) is 0 Å². The van der Waals surface area contributed by atoms with Crippen molar-refractivity contribution >= 4 is 0 Å². The van der Waals surface area contributed by atoms with Crippen molar-refractivity contribution in [1.29, 1.82) is 0 Å². The lowest BCUT2D eigenvalue weighted by molar-refractivity contribution is 0.506. The number of hydrazine groups is 1. The highest BCUT2D eigenvalue weighted by molar-refractivity contribution is 5.35. The number of benzene rings is 2. The Morgan fingerprint density at radius 3 is 2.30 bits per heavy atom. The molecule has 106 valence electrons. The first-order valence-corrected chi connectivity index (χ1v) is 6.48. The summed E-state index contributed by atoms with van der Waals surface area (Å²) in [6.07, 6.45) is 0.498. The number of hydrogen-bond acceptors (Lipinski definition) is 2. The van der Waals surface area contributed by atoms with Gasteiger partial charge in [0.25, 0.3) is 0 Å². The third kappa shape index (κ3) is 3.21. The van der Waals surface area contributed by atoms with Gasteiger partial charge < -0.3 is 0 Å². The van der Waals surface area contributed by atoms with Crippen molar-refractivity contribution in [3.8, 4) is 0 Å². The van der Waals surface area contributed by atoms with Crippen LogP contribution in [0.25, 0.3) is 0 Å². The lowest BCUT2D eigenvalue weighted by Gasteiger charge is -2.20. The third-order valence-electron chi connectivity index (χ3n) is 3.38. The van der Waals surface area contributed by atoms with E-state index in [9.17, 15) is 8.78 Å². The molecule has 1 atom stereocenters. The fraction of sp³-hybridized carbons (Fsp3) is 0.250. The second-order valence-electron chi connectivity index (χ2n) is 5.03. The van der Waals surface area contributed by atoms with E-state index >= 15 is 0 Å². The number of hydrogen-bond donors (Lipinski definition) is 2. The molecule has 0 radical (unpaired) electrons. The molecule has 1 unspecified atom stereocenters. The van der Waals surface area contributed by atoms with Gasteiger partial charge in [0.1, 0.15) is 11.6 Å². The fourth-order valence-electron chi connectivity index (χ4n) is 2.47. The molecule has 4 heteroatoms. The van der Waals surface area contributed by atoms with Crippen LogP contribution in [0.4, 0.5) is 8.78 Å². The Kier molecular flexibility index (Phi) is 4.47. The molecule has 2 rings (SSSR count). The summed E-state index contributed by atoms with van der Waals surface area (Å²) in [6, 6.07) is 9.22. The Hall–Kier alpha value is -1.78. The smallest absolute Gasteiger partial charge is 0.128 e. The molecule has 0 aliphatic carbocycles. The third-order valence-corrected chi connectivity index (χ3v) is 3.38. The molecule has 0 heterocycles. The summed E-state index contributed by atoms with van der Waals surface area (Å²) in [5.74, 6) is 5.01. The van der Waals surface area contributed by atoms with E-state index in [1.54, 1.807) is 12.1 Å². The van der Waals surface area contributed by atoms with Gasteiger partial charge in [0.2, 0.25) is 0 Å². The minimum atomic E-state index is -0.346. The van der Waals surface area contributed by atoms with Gasteiger partial charge in [0.05, 0.1) is 6.04 Å². The van der Waals surface area contributed by atoms with Crippen molar-refractivity contribution in [3.05, 3.63) is 70.3 Å². The molecule has 0 aliphatic rings. The van der Waals surface area contributed by atoms with Gasteiger partial charge in [-0.25, -0.2) is 8.78 Å². The second-order valence-corrected chi connectivity index (χ2v) is 5.03. The molecule has 2 nitrogen and oxygen atoms in total. The molecule has 3 N–H and O–H groups in total. The monoisotopic (exact) mass is 276 g/mol. The van der Waals surface area contributed by atoms with Gasteiger partial charge in [-0.3, -0.25) is 11.3 Å². The summed E-state index contributed by atoms with van der Waals surface area (Å²) in [5.41, 5.74) is 5.83. The highest BCUT2D eigenvalue weighted by Gasteiger charge is 2.18. The maximum atomic E-state index is 14.2. The van der Waals surface area contributed by atoms with E-state index in [0.29, 0.717) is 12.0 Å². The normalized spacial score (nSPS) is 12.4. The molecule has 2 aromatic carbocycles. The first-order valence-electron chi connectivity index (χ1n) is 6.48. The molecular formula is C16H18F2N2. The number of halogens is 2. The molecule has 0 amide bonds. The van der Waals surface area contributed by atoms with E-state index in [-0.39, 0.29) is 17.7 Å². The average Bonchev–Trinajstić information content (AvgIpc) is 2.38. The molecular weight excluding hydrogens is 258 g/mol. The van der Waals surface area contributed by atoms with Gasteiger partial charge in [-0.15, -0.1) is 0 Å². The van der Waals surface area contributed by atoms with Gasteiger partial charge in [0.15, 0.2) is 0 Å². The summed E-state index contributed by atoms with van der Waals surface area (Å²) in [7, 11) is 0. The van der Waals surface area contributed by atoms with Crippen LogP contribution in [0.15, 0.2) is 36.4 Å². The van der Waals surface area contributed by atoms with Crippen LogP contribution in [0, 0.1) is 25.5 Å². The lowest BCUT2D eigenvalue weighted by atomic mass is 9.94. The highest BCUT2D eigenvalue weighted by Crippen LogP contribution is 2.25. The Labute approximate surface area is 117 Å². The van der Waals surface area contributed by atoms with Gasteiger partial charge >= 0.3 is 0 Å². The van der Waals surface area contributed by atoms with E-state index in [1.165, 1.54) is 18.2 Å². The highest BCUT2D eigenvalue weighted by atomic mass is 19.1. The molecule has 0 fully saturated rings. The molecule has 0 aliphatic heterocycles. The summed E-state index contributed by atoms with van der Waals surface area (Å²) in [4.78, 5) is 0. The lowest BCUT2D eigenvalue weighted by Crippen LogP contribution is -2.31. The predicted molar refractivity (Wildman–Crippen MR) is 76.0 cm³/mol. The van der Waals surface area contributed by atoms with Gasteiger partial charge in [-0.1, -0.05) is 18.2 Å². The minimum absolute atomic E-state index is 0.271.